The molecule has 18 heavy (non-hydrogen) atoms. The molecule has 0 aliphatic heterocycles. The van der Waals surface area contributed by atoms with E-state index in [2.05, 4.69) is 0 Å². The van der Waals surface area contributed by atoms with Gasteiger partial charge in [-0.15, -0.1) is 0 Å². The van der Waals surface area contributed by atoms with Crippen LogP contribution in [0.3, 0.4) is 0 Å². The minimum atomic E-state index is -0.587. The van der Waals surface area contributed by atoms with Gasteiger partial charge in [0.05, 0.1) is 11.5 Å². The number of rotatable bonds is 3. The lowest BCUT2D eigenvalue weighted by Crippen LogP contribution is -2.32. The van der Waals surface area contributed by atoms with Gasteiger partial charge < -0.3 is 9.47 Å². The van der Waals surface area contributed by atoms with Gasteiger partial charge in [-0.25, -0.2) is 0 Å². The molecule has 0 spiro atoms. The summed E-state index contributed by atoms with van der Waals surface area (Å²) in [6, 6.07) is 0. The fourth-order valence-electron chi connectivity index (χ4n) is 2.65. The molecule has 2 rings (SSSR count). The summed E-state index contributed by atoms with van der Waals surface area (Å²) in [5.74, 6) is -0.840. The minimum absolute atomic E-state index is 0.0774. The first kappa shape index (κ1) is 13.3. The molecule has 4 atom stereocenters. The van der Waals surface area contributed by atoms with Crippen LogP contribution in [0.1, 0.15) is 34.1 Å². The van der Waals surface area contributed by atoms with Crippen molar-refractivity contribution in [2.24, 2.45) is 17.8 Å². The summed E-state index contributed by atoms with van der Waals surface area (Å²) >= 11 is 0. The fraction of sp³-hybridized carbons (Fsp3) is 0.714. The zero-order chi connectivity index (χ0) is 13.5. The lowest BCUT2D eigenvalue weighted by molar-refractivity contribution is -0.201. The number of carbonyl (C=O) groups excluding carboxylic acids is 2. The van der Waals surface area contributed by atoms with E-state index in [1.165, 1.54) is 0 Å². The van der Waals surface area contributed by atoms with Crippen molar-refractivity contribution in [1.82, 2.24) is 0 Å². The number of ether oxygens (including phenoxy) is 2. The summed E-state index contributed by atoms with van der Waals surface area (Å²) in [5.41, 5.74) is -0.357. The molecule has 2 aliphatic carbocycles. The van der Waals surface area contributed by atoms with Crippen LogP contribution in [-0.4, -0.2) is 23.6 Å². The van der Waals surface area contributed by atoms with Crippen LogP contribution < -0.4 is 0 Å². The van der Waals surface area contributed by atoms with Crippen molar-refractivity contribution in [2.75, 3.05) is 0 Å². The van der Waals surface area contributed by atoms with Gasteiger partial charge in [0.2, 0.25) is 6.29 Å². The smallest absolute Gasteiger partial charge is 0.312 e. The van der Waals surface area contributed by atoms with Crippen molar-refractivity contribution in [3.05, 3.63) is 12.2 Å². The quantitative estimate of drug-likeness (QED) is 0.438. The van der Waals surface area contributed by atoms with Crippen LogP contribution in [0.2, 0.25) is 0 Å². The van der Waals surface area contributed by atoms with Crippen molar-refractivity contribution < 1.29 is 19.1 Å². The van der Waals surface area contributed by atoms with Crippen LogP contribution in [0.15, 0.2) is 12.2 Å². The second-order valence-corrected chi connectivity index (χ2v) is 6.00. The molecular weight excluding hydrogens is 232 g/mol. The third-order valence-corrected chi connectivity index (χ3v) is 3.29. The Bertz CT molecular complexity index is 391. The Balaban J connectivity index is 1.90. The van der Waals surface area contributed by atoms with Crippen LogP contribution in [0.25, 0.3) is 0 Å². The normalized spacial score (nSPS) is 31.8. The van der Waals surface area contributed by atoms with E-state index >= 15 is 0 Å². The number of hydrogen-bond acceptors (Lipinski definition) is 4. The Labute approximate surface area is 107 Å². The molecule has 4 unspecified atom stereocenters. The summed E-state index contributed by atoms with van der Waals surface area (Å²) in [7, 11) is 0. The van der Waals surface area contributed by atoms with Crippen molar-refractivity contribution >= 4 is 11.8 Å². The molecule has 4 nitrogen and oxygen atoms in total. The molecule has 2 bridgehead atoms. The highest BCUT2D eigenvalue weighted by Gasteiger charge is 2.47. The Kier molecular flexibility index (Phi) is 3.32. The molecule has 0 aromatic rings. The molecule has 100 valence electrons. The zero-order valence-electron chi connectivity index (χ0n) is 11.3. The molecule has 4 heteroatoms. The highest BCUT2D eigenvalue weighted by molar-refractivity contribution is 5.96. The second-order valence-electron chi connectivity index (χ2n) is 6.00. The molecule has 1 saturated carbocycles. The highest BCUT2D eigenvalue weighted by Crippen LogP contribution is 2.41. The monoisotopic (exact) mass is 252 g/mol. The predicted molar refractivity (Wildman–Crippen MR) is 65.6 cm³/mol. The minimum Gasteiger partial charge on any atom is -0.436 e. The Morgan fingerprint density at radius 3 is 2.50 bits per heavy atom. The predicted octanol–water partition coefficient (Wildman–Crippen LogP) is 2.08. The van der Waals surface area contributed by atoms with Gasteiger partial charge in [-0.1, -0.05) is 12.2 Å². The number of hydrogen-bond donors (Lipinski definition) is 0. The standard InChI is InChI=1S/C14H20O4/c1-8(18-14(2,3)4)17-13(16)11-7-9-5-6-10(11)12(9)15/h5-6,8-11H,7H2,1-4H3. The first-order valence-electron chi connectivity index (χ1n) is 6.38. The topological polar surface area (TPSA) is 52.6 Å². The van der Waals surface area contributed by atoms with Crippen molar-refractivity contribution in [3.63, 3.8) is 0 Å². The van der Waals surface area contributed by atoms with Gasteiger partial charge in [-0.05, 0) is 34.1 Å². The van der Waals surface area contributed by atoms with E-state index in [4.69, 9.17) is 9.47 Å². The molecule has 0 aromatic heterocycles. The van der Waals surface area contributed by atoms with E-state index in [1.54, 1.807) is 6.92 Å². The first-order chi connectivity index (χ1) is 8.28. The molecule has 1 fully saturated rings. The molecular formula is C14H20O4. The third-order valence-electron chi connectivity index (χ3n) is 3.29. The van der Waals surface area contributed by atoms with Gasteiger partial charge in [0.25, 0.3) is 0 Å². The molecule has 0 radical (unpaired) electrons. The van der Waals surface area contributed by atoms with E-state index in [0.717, 1.165) is 0 Å². The molecule has 0 amide bonds. The lowest BCUT2D eigenvalue weighted by atomic mass is 9.94. The Morgan fingerprint density at radius 2 is 2.06 bits per heavy atom. The van der Waals surface area contributed by atoms with Gasteiger partial charge in [0, 0.05) is 11.8 Å². The summed E-state index contributed by atoms with van der Waals surface area (Å²) in [4.78, 5) is 23.7. The lowest BCUT2D eigenvalue weighted by Gasteiger charge is -2.26. The maximum absolute atomic E-state index is 12.0. The molecule has 0 saturated heterocycles. The van der Waals surface area contributed by atoms with E-state index < -0.39 is 6.29 Å². The van der Waals surface area contributed by atoms with Gasteiger partial charge in [0.1, 0.15) is 5.78 Å². The van der Waals surface area contributed by atoms with E-state index in [1.807, 2.05) is 32.9 Å². The van der Waals surface area contributed by atoms with E-state index in [0.29, 0.717) is 6.42 Å². The molecule has 0 heterocycles. The van der Waals surface area contributed by atoms with Crippen LogP contribution in [0.5, 0.6) is 0 Å². The highest BCUT2D eigenvalue weighted by atomic mass is 16.7. The summed E-state index contributed by atoms with van der Waals surface area (Å²) in [6.07, 6.45) is 3.72. The summed E-state index contributed by atoms with van der Waals surface area (Å²) < 4.78 is 10.8. The van der Waals surface area contributed by atoms with E-state index in [9.17, 15) is 9.59 Å². The number of ketones is 1. The molecule has 0 N–H and O–H groups in total. The van der Waals surface area contributed by atoms with Crippen LogP contribution in [-0.2, 0) is 19.1 Å². The zero-order valence-corrected chi connectivity index (χ0v) is 11.3. The Morgan fingerprint density at radius 1 is 1.39 bits per heavy atom. The van der Waals surface area contributed by atoms with Gasteiger partial charge >= 0.3 is 5.97 Å². The van der Waals surface area contributed by atoms with Gasteiger partial charge in [-0.2, -0.15) is 0 Å². The Hall–Kier alpha value is -1.16. The molecule has 2 aliphatic rings. The summed E-state index contributed by atoms with van der Waals surface area (Å²) in [6.45, 7) is 7.41. The largest absolute Gasteiger partial charge is 0.436 e. The molecule has 0 aromatic carbocycles. The fourth-order valence-corrected chi connectivity index (χ4v) is 2.65. The number of Topliss-reactive ketones (excluding diaryl/α,β-unsaturated/α-hetero) is 1. The van der Waals surface area contributed by atoms with Crippen LogP contribution >= 0.6 is 0 Å². The van der Waals surface area contributed by atoms with Crippen LogP contribution in [0.4, 0.5) is 0 Å². The van der Waals surface area contributed by atoms with Crippen molar-refractivity contribution in [1.29, 1.82) is 0 Å². The van der Waals surface area contributed by atoms with Gasteiger partial charge in [0.15, 0.2) is 0 Å². The summed E-state index contributed by atoms with van der Waals surface area (Å²) in [5, 5.41) is 0. The van der Waals surface area contributed by atoms with Crippen molar-refractivity contribution in [2.45, 2.75) is 46.0 Å². The average molecular weight is 252 g/mol. The second kappa shape index (κ2) is 4.50. The average Bonchev–Trinajstić information content (AvgIpc) is 2.71. The van der Waals surface area contributed by atoms with E-state index in [-0.39, 0.29) is 35.1 Å². The third kappa shape index (κ3) is 2.64. The number of allylic oxidation sites excluding steroid dienone is 2. The maximum Gasteiger partial charge on any atom is 0.312 e. The number of fused-ring (bicyclic) bond motifs is 2. The number of carbonyl (C=O) groups is 2. The van der Waals surface area contributed by atoms with Crippen LogP contribution in [0, 0.1) is 17.8 Å². The van der Waals surface area contributed by atoms with Gasteiger partial charge in [-0.3, -0.25) is 9.59 Å². The first-order valence-corrected chi connectivity index (χ1v) is 6.38. The van der Waals surface area contributed by atoms with Crippen molar-refractivity contribution in [3.8, 4) is 0 Å². The SMILES string of the molecule is CC(OC(=O)C1CC2C=CC1C2=O)OC(C)(C)C. The number of esters is 1. The maximum atomic E-state index is 12.0.